The Morgan fingerprint density at radius 2 is 2.00 bits per heavy atom. The van der Waals surface area contributed by atoms with Gasteiger partial charge in [-0.2, -0.15) is 4.98 Å². The van der Waals surface area contributed by atoms with Crippen LogP contribution in [0.4, 0.5) is 11.5 Å². The third-order valence-electron chi connectivity index (χ3n) is 3.93. The molecule has 2 aromatic rings. The van der Waals surface area contributed by atoms with Crippen LogP contribution in [0.2, 0.25) is 0 Å². The maximum atomic E-state index is 6.25. The molecule has 1 unspecified atom stereocenters. The molecule has 2 N–H and O–H groups in total. The Morgan fingerprint density at radius 1 is 1.23 bits per heavy atom. The lowest BCUT2D eigenvalue weighted by molar-refractivity contribution is 0.458. The summed E-state index contributed by atoms with van der Waals surface area (Å²) < 4.78 is 6.81. The molecule has 0 amide bonds. The van der Waals surface area contributed by atoms with Gasteiger partial charge in [-0.05, 0) is 50.5 Å². The van der Waals surface area contributed by atoms with E-state index in [-0.39, 0.29) is 0 Å². The minimum atomic E-state index is 0.407. The van der Waals surface area contributed by atoms with Crippen molar-refractivity contribution < 1.29 is 4.74 Å². The minimum absolute atomic E-state index is 0.407. The molecule has 6 heteroatoms. The third-order valence-corrected chi connectivity index (χ3v) is 4.46. The molecule has 0 bridgehead atoms. The average molecular weight is 363 g/mol. The monoisotopic (exact) mass is 362 g/mol. The van der Waals surface area contributed by atoms with E-state index in [4.69, 9.17) is 10.5 Å². The second kappa shape index (κ2) is 6.52. The average Bonchev–Trinajstić information content (AvgIpc) is 2.52. The SMILES string of the molecule is CC1CCCCN1c1ncnc(Oc2ccc(Br)cc2)c1N. The normalized spacial score (nSPS) is 18.3. The molecule has 0 saturated carbocycles. The zero-order valence-electron chi connectivity index (χ0n) is 12.5. The van der Waals surface area contributed by atoms with Crippen LogP contribution in [0.15, 0.2) is 35.1 Å². The molecular formula is C16H19BrN4O. The summed E-state index contributed by atoms with van der Waals surface area (Å²) in [5.41, 5.74) is 6.75. The number of aromatic nitrogens is 2. The lowest BCUT2D eigenvalue weighted by Gasteiger charge is -2.35. The van der Waals surface area contributed by atoms with Gasteiger partial charge in [0.1, 0.15) is 17.8 Å². The van der Waals surface area contributed by atoms with Crippen LogP contribution in [0.5, 0.6) is 11.6 Å². The Hall–Kier alpha value is -1.82. The standard InChI is InChI=1S/C16H19BrN4O/c1-11-4-2-3-9-21(11)15-14(18)16(20-10-19-15)22-13-7-5-12(17)6-8-13/h5-8,10-11H,2-4,9,18H2,1H3. The van der Waals surface area contributed by atoms with Crippen LogP contribution in [0, 0.1) is 0 Å². The Morgan fingerprint density at radius 3 is 2.73 bits per heavy atom. The zero-order valence-corrected chi connectivity index (χ0v) is 14.1. The predicted octanol–water partition coefficient (Wildman–Crippen LogP) is 3.99. The van der Waals surface area contributed by atoms with Crippen LogP contribution >= 0.6 is 15.9 Å². The van der Waals surface area contributed by atoms with E-state index in [0.29, 0.717) is 23.4 Å². The van der Waals surface area contributed by atoms with E-state index in [9.17, 15) is 0 Å². The molecule has 1 aliphatic rings. The molecule has 3 rings (SSSR count). The van der Waals surface area contributed by atoms with Crippen LogP contribution in [0.3, 0.4) is 0 Å². The highest BCUT2D eigenvalue weighted by Crippen LogP contribution is 2.34. The first-order valence-electron chi connectivity index (χ1n) is 7.45. The second-order valence-corrected chi connectivity index (χ2v) is 6.43. The number of benzene rings is 1. The van der Waals surface area contributed by atoms with Crippen molar-refractivity contribution in [2.75, 3.05) is 17.2 Å². The summed E-state index contributed by atoms with van der Waals surface area (Å²) in [7, 11) is 0. The smallest absolute Gasteiger partial charge is 0.248 e. The van der Waals surface area contributed by atoms with Crippen molar-refractivity contribution in [3.8, 4) is 11.6 Å². The molecule has 0 radical (unpaired) electrons. The lowest BCUT2D eigenvalue weighted by atomic mass is 10.0. The van der Waals surface area contributed by atoms with E-state index in [0.717, 1.165) is 29.7 Å². The quantitative estimate of drug-likeness (QED) is 0.893. The summed E-state index contributed by atoms with van der Waals surface area (Å²) in [4.78, 5) is 10.8. The molecule has 2 heterocycles. The molecule has 22 heavy (non-hydrogen) atoms. The number of piperidine rings is 1. The molecule has 0 aliphatic carbocycles. The van der Waals surface area contributed by atoms with Crippen LogP contribution < -0.4 is 15.4 Å². The minimum Gasteiger partial charge on any atom is -0.437 e. The number of halogens is 1. The first-order valence-corrected chi connectivity index (χ1v) is 8.25. The van der Waals surface area contributed by atoms with Gasteiger partial charge in [0.05, 0.1) is 0 Å². The van der Waals surface area contributed by atoms with Crippen molar-refractivity contribution >= 4 is 27.4 Å². The first kappa shape index (κ1) is 15.1. The molecule has 1 saturated heterocycles. The molecule has 1 atom stereocenters. The Bertz CT molecular complexity index is 647. The molecular weight excluding hydrogens is 344 g/mol. The van der Waals surface area contributed by atoms with Gasteiger partial charge in [-0.15, -0.1) is 0 Å². The third kappa shape index (κ3) is 3.16. The van der Waals surface area contributed by atoms with Crippen LogP contribution in [0.1, 0.15) is 26.2 Å². The van der Waals surface area contributed by atoms with E-state index in [2.05, 4.69) is 37.7 Å². The van der Waals surface area contributed by atoms with Crippen molar-refractivity contribution in [2.24, 2.45) is 0 Å². The summed E-state index contributed by atoms with van der Waals surface area (Å²) in [5, 5.41) is 0. The molecule has 1 fully saturated rings. The zero-order chi connectivity index (χ0) is 15.5. The number of rotatable bonds is 3. The Kier molecular flexibility index (Phi) is 4.47. The molecule has 1 aromatic heterocycles. The van der Waals surface area contributed by atoms with Gasteiger partial charge in [0.25, 0.3) is 0 Å². The fourth-order valence-corrected chi connectivity index (χ4v) is 2.97. The highest BCUT2D eigenvalue weighted by Gasteiger charge is 2.23. The van der Waals surface area contributed by atoms with Crippen molar-refractivity contribution in [1.82, 2.24) is 9.97 Å². The van der Waals surface area contributed by atoms with Crippen molar-refractivity contribution in [3.05, 3.63) is 35.1 Å². The summed E-state index contributed by atoms with van der Waals surface area (Å²) in [6, 6.07) is 8.01. The number of nitrogens with two attached hydrogens (primary N) is 1. The molecule has 5 nitrogen and oxygen atoms in total. The number of hydrogen-bond acceptors (Lipinski definition) is 5. The number of anilines is 2. The van der Waals surface area contributed by atoms with E-state index >= 15 is 0 Å². The van der Waals surface area contributed by atoms with Crippen LogP contribution in [-0.4, -0.2) is 22.6 Å². The highest BCUT2D eigenvalue weighted by molar-refractivity contribution is 9.10. The fourth-order valence-electron chi connectivity index (χ4n) is 2.71. The Labute approximate surface area is 138 Å². The maximum Gasteiger partial charge on any atom is 0.248 e. The summed E-state index contributed by atoms with van der Waals surface area (Å²) >= 11 is 3.40. The predicted molar refractivity (Wildman–Crippen MR) is 91.3 cm³/mol. The fraction of sp³-hybridized carbons (Fsp3) is 0.375. The van der Waals surface area contributed by atoms with Gasteiger partial charge in [0, 0.05) is 17.1 Å². The second-order valence-electron chi connectivity index (χ2n) is 5.51. The van der Waals surface area contributed by atoms with Gasteiger partial charge in [-0.3, -0.25) is 0 Å². The van der Waals surface area contributed by atoms with E-state index in [1.807, 2.05) is 24.3 Å². The molecule has 116 valence electrons. The Balaban J connectivity index is 1.86. The largest absolute Gasteiger partial charge is 0.437 e. The number of nitrogen functional groups attached to an aromatic ring is 1. The van der Waals surface area contributed by atoms with Crippen LogP contribution in [0.25, 0.3) is 0 Å². The van der Waals surface area contributed by atoms with Crippen LogP contribution in [-0.2, 0) is 0 Å². The first-order chi connectivity index (χ1) is 10.6. The lowest BCUT2D eigenvalue weighted by Crippen LogP contribution is -2.38. The molecule has 1 aliphatic heterocycles. The van der Waals surface area contributed by atoms with Gasteiger partial charge in [0.2, 0.25) is 5.88 Å². The van der Waals surface area contributed by atoms with Gasteiger partial charge >= 0.3 is 0 Å². The topological polar surface area (TPSA) is 64.3 Å². The summed E-state index contributed by atoms with van der Waals surface area (Å²) in [6.07, 6.45) is 5.09. The van der Waals surface area contributed by atoms with Crippen molar-refractivity contribution in [3.63, 3.8) is 0 Å². The van der Waals surface area contributed by atoms with Gasteiger partial charge in [-0.25, -0.2) is 4.98 Å². The maximum absolute atomic E-state index is 6.25. The number of ether oxygens (including phenoxy) is 1. The van der Waals surface area contributed by atoms with E-state index in [1.54, 1.807) is 0 Å². The van der Waals surface area contributed by atoms with Gasteiger partial charge < -0.3 is 15.4 Å². The summed E-state index contributed by atoms with van der Waals surface area (Å²) in [6.45, 7) is 3.18. The summed E-state index contributed by atoms with van der Waals surface area (Å²) in [5.74, 6) is 1.88. The van der Waals surface area contributed by atoms with E-state index < -0.39 is 0 Å². The number of nitrogens with zero attached hydrogens (tertiary/aromatic N) is 3. The molecule has 0 spiro atoms. The van der Waals surface area contributed by atoms with E-state index in [1.165, 1.54) is 12.7 Å². The van der Waals surface area contributed by atoms with Crippen molar-refractivity contribution in [2.45, 2.75) is 32.2 Å². The van der Waals surface area contributed by atoms with Crippen molar-refractivity contribution in [1.29, 1.82) is 0 Å². The van der Waals surface area contributed by atoms with Gasteiger partial charge in [-0.1, -0.05) is 15.9 Å². The molecule has 1 aromatic carbocycles. The number of hydrogen-bond donors (Lipinski definition) is 1. The highest BCUT2D eigenvalue weighted by atomic mass is 79.9. The van der Waals surface area contributed by atoms with Gasteiger partial charge in [0.15, 0.2) is 5.82 Å².